The average Bonchev–Trinajstić information content (AvgIpc) is 4.33. The van der Waals surface area contributed by atoms with Gasteiger partial charge in [-0.05, 0) is 145 Å². The lowest BCUT2D eigenvalue weighted by molar-refractivity contribution is 0.554. The molecule has 0 bridgehead atoms. The van der Waals surface area contributed by atoms with Crippen LogP contribution >= 0.6 is 103 Å². The molecule has 0 fully saturated rings. The topological polar surface area (TPSA) is 25.8 Å². The Labute approximate surface area is 491 Å². The van der Waals surface area contributed by atoms with Crippen molar-refractivity contribution in [3.8, 4) is 80.1 Å². The fourth-order valence-electron chi connectivity index (χ4n) is 10.5. The van der Waals surface area contributed by atoms with Crippen LogP contribution in [0.4, 0.5) is 0 Å². The minimum atomic E-state index is 0.472. The van der Waals surface area contributed by atoms with Gasteiger partial charge < -0.3 is 0 Å². The summed E-state index contributed by atoms with van der Waals surface area (Å²) in [6.45, 7) is 9.21. The fraction of sp³-hybridized carbons (Fsp3) is 0.273. The van der Waals surface area contributed by atoms with Gasteiger partial charge in [0.2, 0.25) is 0 Å². The Kier molecular flexibility index (Phi) is 16.9. The molecule has 2 atom stereocenters. The first-order valence-corrected chi connectivity index (χ1v) is 34.8. The van der Waals surface area contributed by atoms with Crippen molar-refractivity contribution in [3.05, 3.63) is 173 Å². The SMILES string of the molecule is CCCCc1cc(-c2ccccc2)sc1-c1ccc(-c2ccc(-c3sc(-c4ccc(-c5cc(CCCC)c(-c6ccc(-c7ccc(C8SC(c9ccccc9)=CC8CCCC)s7)s6)s5)c5nsnc45)cc3CCCC)s2)s1. The standard InChI is InChI=1S/C66H62N2S9/c1-5-9-19-43-37-57(41-23-15-13-16-24-41)73-63(43)53-33-29-49(69-53)51-31-35-55(71-51)65-45(21-11-7-3)39-59(75-65)47-27-28-48(62-61(47)67-77-68-62)60-40-46(22-12-8-4)66(76-60)56-36-32-52(72-56)50-30-34-54(70-50)64-44(20-10-6-2)38-58(74-64)42-25-17-14-18-26-42/h13-18,23-40,43,63H,5-12,19-22H2,1-4H3. The van der Waals surface area contributed by atoms with Crippen molar-refractivity contribution in [2.75, 3.05) is 0 Å². The first-order chi connectivity index (χ1) is 38.0. The number of aryl methyl sites for hydroxylation is 3. The van der Waals surface area contributed by atoms with E-state index in [2.05, 4.69) is 185 Å². The molecule has 3 aromatic carbocycles. The largest absolute Gasteiger partial charge is 0.172 e. The number of fused-ring (bicyclic) bond motifs is 1. The van der Waals surface area contributed by atoms with Crippen molar-refractivity contribution in [2.45, 2.75) is 110 Å². The van der Waals surface area contributed by atoms with Gasteiger partial charge in [-0.2, -0.15) is 8.75 Å². The summed E-state index contributed by atoms with van der Waals surface area (Å²) in [7, 11) is 0. The number of thioether (sulfide) groups is 1. The van der Waals surface area contributed by atoms with Crippen LogP contribution in [0.15, 0.2) is 146 Å². The molecule has 77 heavy (non-hydrogen) atoms. The Morgan fingerprint density at radius 1 is 0.390 bits per heavy atom. The summed E-state index contributed by atoms with van der Waals surface area (Å²) in [4.78, 5) is 20.6. The molecule has 0 spiro atoms. The maximum absolute atomic E-state index is 5.06. The summed E-state index contributed by atoms with van der Waals surface area (Å²) in [5.41, 5.74) is 11.5. The average molecular weight is 1170 g/mol. The van der Waals surface area contributed by atoms with Crippen LogP contribution < -0.4 is 0 Å². The number of nitrogens with zero attached hydrogens (tertiary/aromatic N) is 2. The Bertz CT molecular complexity index is 3770. The maximum Gasteiger partial charge on any atom is 0.114 e. The van der Waals surface area contributed by atoms with Crippen LogP contribution in [0.3, 0.4) is 0 Å². The second-order valence-corrected chi connectivity index (χ2v) is 29.4. The third-order valence-corrected chi connectivity index (χ3v) is 25.8. The van der Waals surface area contributed by atoms with E-state index in [1.54, 1.807) is 0 Å². The highest BCUT2D eigenvalue weighted by atomic mass is 32.2. The molecule has 11 heteroatoms. The molecular formula is C66H62N2S9. The molecule has 0 radical (unpaired) electrons. The van der Waals surface area contributed by atoms with Gasteiger partial charge in [0.15, 0.2) is 0 Å². The van der Waals surface area contributed by atoms with Gasteiger partial charge >= 0.3 is 0 Å². The number of hydrogen-bond donors (Lipinski definition) is 0. The molecule has 2 unspecified atom stereocenters. The van der Waals surface area contributed by atoms with E-state index < -0.39 is 0 Å². The number of allylic oxidation sites excluding steroid dienone is 1. The van der Waals surface area contributed by atoms with Gasteiger partial charge in [0.25, 0.3) is 0 Å². The first-order valence-electron chi connectivity index (χ1n) is 27.5. The predicted octanol–water partition coefficient (Wildman–Crippen LogP) is 24.1. The molecule has 0 amide bonds. The zero-order chi connectivity index (χ0) is 52.2. The van der Waals surface area contributed by atoms with E-state index in [0.29, 0.717) is 11.2 Å². The zero-order valence-corrected chi connectivity index (χ0v) is 51.4. The second-order valence-electron chi connectivity index (χ2n) is 20.1. The number of thiophene rings is 7. The highest BCUT2D eigenvalue weighted by Gasteiger charge is 2.32. The summed E-state index contributed by atoms with van der Waals surface area (Å²) in [6.07, 6.45) is 16.7. The van der Waals surface area contributed by atoms with Crippen molar-refractivity contribution in [2.24, 2.45) is 5.92 Å². The summed E-state index contributed by atoms with van der Waals surface area (Å²) in [5.74, 6) is 0.563. The van der Waals surface area contributed by atoms with E-state index in [9.17, 15) is 0 Å². The fourth-order valence-corrected chi connectivity index (χ4v) is 21.2. The molecule has 0 N–H and O–H groups in total. The van der Waals surface area contributed by atoms with Crippen LogP contribution in [0.2, 0.25) is 0 Å². The number of hydrogen-bond acceptors (Lipinski definition) is 11. The monoisotopic (exact) mass is 1170 g/mol. The van der Waals surface area contributed by atoms with Crippen LogP contribution in [0.25, 0.3) is 96.0 Å². The van der Waals surface area contributed by atoms with E-state index in [0.717, 1.165) is 30.3 Å². The molecule has 2 nitrogen and oxygen atoms in total. The van der Waals surface area contributed by atoms with Crippen molar-refractivity contribution >= 4 is 119 Å². The normalized spacial score (nSPS) is 14.6. The summed E-state index contributed by atoms with van der Waals surface area (Å²) >= 11 is 17.1. The van der Waals surface area contributed by atoms with Crippen LogP contribution in [-0.4, -0.2) is 8.75 Å². The number of unbranched alkanes of at least 4 members (excludes halogenated alkanes) is 4. The smallest absolute Gasteiger partial charge is 0.114 e. The lowest BCUT2D eigenvalue weighted by Gasteiger charge is -2.17. The van der Waals surface area contributed by atoms with Crippen molar-refractivity contribution < 1.29 is 0 Å². The summed E-state index contributed by atoms with van der Waals surface area (Å²) in [6, 6.07) is 53.0. The van der Waals surface area contributed by atoms with Crippen LogP contribution in [-0.2, 0) is 19.3 Å². The zero-order valence-electron chi connectivity index (χ0n) is 44.1. The molecule has 8 aromatic heterocycles. The molecule has 0 saturated carbocycles. The molecular weight excluding hydrogens is 1110 g/mol. The van der Waals surface area contributed by atoms with Crippen molar-refractivity contribution in [1.29, 1.82) is 0 Å². The molecule has 1 aliphatic heterocycles. The van der Waals surface area contributed by atoms with E-state index in [1.807, 2.05) is 79.4 Å². The lowest BCUT2D eigenvalue weighted by atomic mass is 9.96. The first kappa shape index (κ1) is 53.1. The third kappa shape index (κ3) is 11.3. The molecule has 9 heterocycles. The van der Waals surface area contributed by atoms with E-state index in [4.69, 9.17) is 8.75 Å². The van der Waals surface area contributed by atoms with E-state index in [-0.39, 0.29) is 0 Å². The molecule has 12 rings (SSSR count). The number of rotatable bonds is 22. The second kappa shape index (κ2) is 24.5. The quantitative estimate of drug-likeness (QED) is 0.0676. The summed E-state index contributed by atoms with van der Waals surface area (Å²) < 4.78 is 10.1. The van der Waals surface area contributed by atoms with Gasteiger partial charge in [-0.1, -0.05) is 139 Å². The van der Waals surface area contributed by atoms with Gasteiger partial charge in [-0.3, -0.25) is 0 Å². The number of benzene rings is 3. The highest BCUT2D eigenvalue weighted by molar-refractivity contribution is 8.08. The Morgan fingerprint density at radius 3 is 1.31 bits per heavy atom. The van der Waals surface area contributed by atoms with Gasteiger partial charge in [0.05, 0.1) is 17.0 Å². The molecule has 0 saturated heterocycles. The molecule has 0 aliphatic carbocycles. The Hall–Kier alpha value is -4.53. The van der Waals surface area contributed by atoms with Crippen LogP contribution in [0.5, 0.6) is 0 Å². The van der Waals surface area contributed by atoms with E-state index >= 15 is 0 Å². The molecule has 11 aromatic rings. The molecule has 1 aliphatic rings. The van der Waals surface area contributed by atoms with Crippen LogP contribution in [0, 0.1) is 5.92 Å². The highest BCUT2D eigenvalue weighted by Crippen LogP contribution is 2.56. The predicted molar refractivity (Wildman–Crippen MR) is 350 cm³/mol. The van der Waals surface area contributed by atoms with Crippen LogP contribution in [0.1, 0.15) is 118 Å². The third-order valence-electron chi connectivity index (χ3n) is 14.7. The van der Waals surface area contributed by atoms with Gasteiger partial charge in [0, 0.05) is 84.3 Å². The minimum Gasteiger partial charge on any atom is -0.172 e. The lowest BCUT2D eigenvalue weighted by Crippen LogP contribution is -2.02. The van der Waals surface area contributed by atoms with Crippen molar-refractivity contribution in [3.63, 3.8) is 0 Å². The number of aromatic nitrogens is 2. The van der Waals surface area contributed by atoms with E-state index in [1.165, 1.54) is 182 Å². The van der Waals surface area contributed by atoms with Crippen molar-refractivity contribution in [1.82, 2.24) is 8.75 Å². The van der Waals surface area contributed by atoms with Gasteiger partial charge in [-0.25, -0.2) is 0 Å². The Balaban J connectivity index is 0.812. The summed E-state index contributed by atoms with van der Waals surface area (Å²) in [5, 5.41) is 0.472. The maximum atomic E-state index is 5.06. The molecule has 390 valence electrons. The van der Waals surface area contributed by atoms with Gasteiger partial charge in [-0.15, -0.1) is 91.1 Å². The van der Waals surface area contributed by atoms with Gasteiger partial charge in [0.1, 0.15) is 11.0 Å². The minimum absolute atomic E-state index is 0.472. The Morgan fingerprint density at radius 2 is 0.818 bits per heavy atom.